The van der Waals surface area contributed by atoms with Crippen LogP contribution in [-0.2, 0) is 6.54 Å². The van der Waals surface area contributed by atoms with Crippen molar-refractivity contribution in [3.63, 3.8) is 0 Å². The number of H-pyrrole nitrogens is 1. The third-order valence-corrected chi connectivity index (χ3v) is 6.45. The second kappa shape index (κ2) is 7.90. The number of hydrogen-bond donors (Lipinski definition) is 2. The fourth-order valence-corrected chi connectivity index (χ4v) is 4.77. The molecule has 0 bridgehead atoms. The first kappa shape index (κ1) is 19.9. The van der Waals surface area contributed by atoms with Gasteiger partial charge in [0.25, 0.3) is 5.56 Å². The van der Waals surface area contributed by atoms with Gasteiger partial charge < -0.3 is 5.11 Å². The topological polar surface area (TPSA) is 105 Å². The number of rotatable bonds is 4. The first-order chi connectivity index (χ1) is 15.5. The normalized spacial score (nSPS) is 12.8. The maximum absolute atomic E-state index is 13.0. The van der Waals surface area contributed by atoms with E-state index < -0.39 is 17.2 Å². The molecule has 32 heavy (non-hydrogen) atoms. The van der Waals surface area contributed by atoms with E-state index in [2.05, 4.69) is 9.97 Å². The highest BCUT2D eigenvalue weighted by atomic mass is 32.1. The highest BCUT2D eigenvalue weighted by Crippen LogP contribution is 2.37. The molecular weight excluding hydrogens is 426 g/mol. The van der Waals surface area contributed by atoms with E-state index in [0.29, 0.717) is 10.6 Å². The molecule has 2 heterocycles. The minimum Gasteiger partial charge on any atom is -0.477 e. The van der Waals surface area contributed by atoms with Gasteiger partial charge in [-0.15, -0.1) is 11.3 Å². The predicted molar refractivity (Wildman–Crippen MR) is 122 cm³/mol. The van der Waals surface area contributed by atoms with Crippen LogP contribution in [-0.4, -0.2) is 25.6 Å². The molecule has 5 rings (SSSR count). The summed E-state index contributed by atoms with van der Waals surface area (Å²) < 4.78 is 1.37. The zero-order valence-corrected chi connectivity index (χ0v) is 17.5. The molecule has 0 amide bonds. The second-order valence-electron chi connectivity index (χ2n) is 7.42. The Morgan fingerprint density at radius 2 is 1.62 bits per heavy atom. The number of fused-ring (bicyclic) bond motifs is 2. The lowest BCUT2D eigenvalue weighted by Gasteiger charge is -2.21. The summed E-state index contributed by atoms with van der Waals surface area (Å²) in [5, 5.41) is 9.59. The van der Waals surface area contributed by atoms with Crippen molar-refractivity contribution >= 4 is 29.5 Å². The summed E-state index contributed by atoms with van der Waals surface area (Å²) in [6, 6.07) is 15.7. The molecule has 1 aliphatic rings. The van der Waals surface area contributed by atoms with E-state index in [1.165, 1.54) is 10.8 Å². The van der Waals surface area contributed by atoms with Crippen LogP contribution in [0.3, 0.4) is 0 Å². The molecular formula is C24H17N3O4S. The maximum Gasteiger partial charge on any atom is 0.347 e. The second-order valence-corrected chi connectivity index (χ2v) is 8.53. The van der Waals surface area contributed by atoms with Crippen molar-refractivity contribution in [2.75, 3.05) is 0 Å². The van der Waals surface area contributed by atoms with Crippen LogP contribution in [0.25, 0.3) is 12.2 Å². The van der Waals surface area contributed by atoms with Gasteiger partial charge in [0, 0.05) is 17.7 Å². The molecule has 0 unspecified atom stereocenters. The first-order valence-corrected chi connectivity index (χ1v) is 10.7. The van der Waals surface area contributed by atoms with Crippen LogP contribution in [0.15, 0.2) is 70.5 Å². The van der Waals surface area contributed by atoms with Gasteiger partial charge in [-0.05, 0) is 22.3 Å². The average Bonchev–Trinajstić information content (AvgIpc) is 3.19. The molecule has 7 nitrogen and oxygen atoms in total. The molecule has 0 atom stereocenters. The summed E-state index contributed by atoms with van der Waals surface area (Å²) in [5.74, 6) is -1.44. The van der Waals surface area contributed by atoms with Crippen molar-refractivity contribution in [2.24, 2.45) is 0 Å². The number of carboxylic acid groups (broad SMARTS) is 1. The van der Waals surface area contributed by atoms with Gasteiger partial charge >= 0.3 is 11.7 Å². The summed E-state index contributed by atoms with van der Waals surface area (Å²) >= 11 is 0.998. The van der Waals surface area contributed by atoms with Crippen molar-refractivity contribution in [1.29, 1.82) is 0 Å². The lowest BCUT2D eigenvalue weighted by Crippen LogP contribution is -2.33. The lowest BCUT2D eigenvalue weighted by atomic mass is 9.83. The van der Waals surface area contributed by atoms with Gasteiger partial charge in [0.1, 0.15) is 9.88 Å². The Morgan fingerprint density at radius 1 is 1.00 bits per heavy atom. The zero-order chi connectivity index (χ0) is 22.2. The maximum atomic E-state index is 13.0. The Balaban J connectivity index is 1.67. The highest BCUT2D eigenvalue weighted by Gasteiger charge is 2.26. The Bertz CT molecular complexity index is 1450. The summed E-state index contributed by atoms with van der Waals surface area (Å²) in [5.41, 5.74) is 3.34. The molecule has 1 aliphatic carbocycles. The van der Waals surface area contributed by atoms with E-state index in [1.807, 2.05) is 60.7 Å². The molecule has 2 aromatic heterocycles. The van der Waals surface area contributed by atoms with Crippen molar-refractivity contribution < 1.29 is 9.90 Å². The van der Waals surface area contributed by atoms with Crippen molar-refractivity contribution in [3.8, 4) is 0 Å². The minimum absolute atomic E-state index is 0.0643. The number of benzene rings is 2. The van der Waals surface area contributed by atoms with Gasteiger partial charge in [-0.3, -0.25) is 14.3 Å². The van der Waals surface area contributed by atoms with Gasteiger partial charge in [0.2, 0.25) is 0 Å². The molecule has 0 saturated heterocycles. The molecule has 0 saturated carbocycles. The summed E-state index contributed by atoms with van der Waals surface area (Å²) in [7, 11) is 0. The minimum atomic E-state index is -1.07. The van der Waals surface area contributed by atoms with Crippen molar-refractivity contribution in [3.05, 3.63) is 119 Å². The van der Waals surface area contributed by atoms with E-state index in [1.54, 1.807) is 6.20 Å². The third-order valence-electron chi connectivity index (χ3n) is 5.48. The smallest absolute Gasteiger partial charge is 0.347 e. The molecule has 158 valence electrons. The van der Waals surface area contributed by atoms with E-state index in [4.69, 9.17) is 5.11 Å². The average molecular weight is 443 g/mol. The number of thiazole rings is 1. The predicted octanol–water partition coefficient (Wildman–Crippen LogP) is 3.40. The first-order valence-electron chi connectivity index (χ1n) is 9.89. The summed E-state index contributed by atoms with van der Waals surface area (Å²) in [6.07, 6.45) is 6.89. The van der Waals surface area contributed by atoms with Crippen LogP contribution in [0, 0.1) is 0 Å². The number of aromatic carboxylic acids is 1. The SMILES string of the molecule is O=C(O)c1cnc(Cn2cc(C3c4ccccc4C=Cc4ccccc43)c(=O)[nH]c2=O)s1. The number of aromatic amines is 1. The Morgan fingerprint density at radius 3 is 2.22 bits per heavy atom. The van der Waals surface area contributed by atoms with Gasteiger partial charge in [-0.1, -0.05) is 60.7 Å². The fraction of sp³-hybridized carbons (Fsp3) is 0.0833. The van der Waals surface area contributed by atoms with Gasteiger partial charge in [-0.2, -0.15) is 0 Å². The van der Waals surface area contributed by atoms with E-state index in [0.717, 1.165) is 33.6 Å². The summed E-state index contributed by atoms with van der Waals surface area (Å²) in [6.45, 7) is 0.0643. The molecule has 2 N–H and O–H groups in total. The fourth-order valence-electron chi connectivity index (χ4n) is 4.01. The van der Waals surface area contributed by atoms with Crippen LogP contribution in [0.1, 0.15) is 48.4 Å². The van der Waals surface area contributed by atoms with Gasteiger partial charge in [-0.25, -0.2) is 14.6 Å². The van der Waals surface area contributed by atoms with Crippen molar-refractivity contribution in [2.45, 2.75) is 12.5 Å². The number of hydrogen-bond acceptors (Lipinski definition) is 5. The lowest BCUT2D eigenvalue weighted by molar-refractivity contribution is 0.0702. The number of nitrogens with one attached hydrogen (secondary N) is 1. The highest BCUT2D eigenvalue weighted by molar-refractivity contribution is 7.13. The van der Waals surface area contributed by atoms with Crippen LogP contribution in [0.5, 0.6) is 0 Å². The molecule has 8 heteroatoms. The summed E-state index contributed by atoms with van der Waals surface area (Å²) in [4.78, 5) is 43.3. The van der Waals surface area contributed by atoms with E-state index in [9.17, 15) is 14.4 Å². The molecule has 4 aromatic rings. The molecule has 0 radical (unpaired) electrons. The number of carbonyl (C=O) groups is 1. The van der Waals surface area contributed by atoms with Crippen molar-refractivity contribution in [1.82, 2.24) is 14.5 Å². The Hall–Kier alpha value is -4.04. The zero-order valence-electron chi connectivity index (χ0n) is 16.7. The standard InChI is InChI=1S/C24H17N3O4S/c28-22-18(12-27(24(31)26-22)13-20-25-11-19(32-20)23(29)30)21-16-7-3-1-5-14(16)9-10-15-6-2-4-8-17(15)21/h1-12,21H,13H2,(H,29,30)(H,26,28,31). The molecule has 0 fully saturated rings. The van der Waals surface area contributed by atoms with Gasteiger partial charge in [0.15, 0.2) is 0 Å². The van der Waals surface area contributed by atoms with Crippen LogP contribution >= 0.6 is 11.3 Å². The quantitative estimate of drug-likeness (QED) is 0.443. The number of carboxylic acids is 1. The third kappa shape index (κ3) is 3.50. The van der Waals surface area contributed by atoms with E-state index in [-0.39, 0.29) is 17.3 Å². The Labute approximate surface area is 186 Å². The monoisotopic (exact) mass is 443 g/mol. The van der Waals surface area contributed by atoms with Crippen LogP contribution in [0.4, 0.5) is 0 Å². The number of aromatic nitrogens is 3. The molecule has 2 aromatic carbocycles. The Kier molecular flexibility index (Phi) is 4.91. The number of nitrogens with zero attached hydrogens (tertiary/aromatic N) is 2. The van der Waals surface area contributed by atoms with Crippen LogP contribution in [0.2, 0.25) is 0 Å². The van der Waals surface area contributed by atoms with Gasteiger partial charge in [0.05, 0.1) is 12.7 Å². The van der Waals surface area contributed by atoms with Crippen LogP contribution < -0.4 is 11.2 Å². The molecule has 0 aliphatic heterocycles. The largest absolute Gasteiger partial charge is 0.477 e. The van der Waals surface area contributed by atoms with E-state index >= 15 is 0 Å². The molecule has 0 spiro atoms.